The maximum atomic E-state index is 9.00. The lowest BCUT2D eigenvalue weighted by Gasteiger charge is -2.23. The maximum Gasteiger partial charge on any atom is 0.137 e. The van der Waals surface area contributed by atoms with Crippen molar-refractivity contribution in [2.75, 3.05) is 13.2 Å². The number of halogens is 1. The van der Waals surface area contributed by atoms with Gasteiger partial charge in [0.1, 0.15) is 17.9 Å². The highest BCUT2D eigenvalue weighted by molar-refractivity contribution is 9.10. The van der Waals surface area contributed by atoms with Gasteiger partial charge in [0.25, 0.3) is 0 Å². The van der Waals surface area contributed by atoms with Crippen LogP contribution in [0.4, 0.5) is 0 Å². The van der Waals surface area contributed by atoms with Crippen molar-refractivity contribution < 1.29 is 9.47 Å². The van der Waals surface area contributed by atoms with Crippen molar-refractivity contribution in [3.63, 3.8) is 0 Å². The minimum Gasteiger partial charge on any atom is -0.489 e. The highest BCUT2D eigenvalue weighted by Gasteiger charge is 2.16. The molecule has 1 aliphatic heterocycles. The third kappa shape index (κ3) is 2.75. The third-order valence-corrected chi connectivity index (χ3v) is 3.02. The monoisotopic (exact) mass is 281 g/mol. The molecule has 1 aromatic rings. The van der Waals surface area contributed by atoms with Crippen LogP contribution in [0.3, 0.4) is 0 Å². The Hall–Kier alpha value is -1.05. The van der Waals surface area contributed by atoms with E-state index < -0.39 is 0 Å². The molecule has 16 heavy (non-hydrogen) atoms. The van der Waals surface area contributed by atoms with Crippen LogP contribution in [0.1, 0.15) is 18.4 Å². The Balaban J connectivity index is 2.11. The van der Waals surface area contributed by atoms with Crippen LogP contribution in [0.25, 0.3) is 0 Å². The first kappa shape index (κ1) is 11.4. The predicted molar refractivity (Wildman–Crippen MR) is 63.3 cm³/mol. The van der Waals surface area contributed by atoms with Gasteiger partial charge < -0.3 is 9.47 Å². The molecule has 1 aliphatic rings. The zero-order valence-electron chi connectivity index (χ0n) is 8.78. The molecule has 2 rings (SSSR count). The molecule has 1 fully saturated rings. The number of nitrogens with zero attached hydrogens (tertiary/aromatic N) is 1. The van der Waals surface area contributed by atoms with Gasteiger partial charge in [-0.15, -0.1) is 0 Å². The zero-order chi connectivity index (χ0) is 11.4. The Labute approximate surface area is 103 Å². The second-order valence-corrected chi connectivity index (χ2v) is 4.60. The quantitative estimate of drug-likeness (QED) is 0.837. The van der Waals surface area contributed by atoms with Gasteiger partial charge in [0.15, 0.2) is 0 Å². The van der Waals surface area contributed by atoms with Crippen molar-refractivity contribution in [2.24, 2.45) is 0 Å². The smallest absolute Gasteiger partial charge is 0.137 e. The van der Waals surface area contributed by atoms with Gasteiger partial charge in [-0.3, -0.25) is 0 Å². The fraction of sp³-hybridized carbons (Fsp3) is 0.417. The molecule has 0 amide bonds. The summed E-state index contributed by atoms with van der Waals surface area (Å²) in [5, 5.41) is 9.00. The van der Waals surface area contributed by atoms with Crippen molar-refractivity contribution in [3.05, 3.63) is 28.2 Å². The van der Waals surface area contributed by atoms with E-state index in [1.165, 1.54) is 0 Å². The van der Waals surface area contributed by atoms with Crippen molar-refractivity contribution >= 4 is 15.9 Å². The Morgan fingerprint density at radius 3 is 2.81 bits per heavy atom. The fourth-order valence-electron chi connectivity index (χ4n) is 1.67. The summed E-state index contributed by atoms with van der Waals surface area (Å²) in [6.07, 6.45) is 1.95. The molecule has 0 spiro atoms. The van der Waals surface area contributed by atoms with E-state index in [9.17, 15) is 0 Å². The summed E-state index contributed by atoms with van der Waals surface area (Å²) in [6, 6.07) is 7.63. The molecule has 0 bridgehead atoms. The molecule has 0 unspecified atom stereocenters. The van der Waals surface area contributed by atoms with Gasteiger partial charge in [-0.05, 0) is 18.2 Å². The van der Waals surface area contributed by atoms with Crippen LogP contribution in [-0.2, 0) is 4.74 Å². The largest absolute Gasteiger partial charge is 0.489 e. The van der Waals surface area contributed by atoms with E-state index >= 15 is 0 Å². The molecular formula is C12H12BrNO2. The first-order valence-electron chi connectivity index (χ1n) is 5.23. The molecule has 3 nitrogen and oxygen atoms in total. The molecule has 84 valence electrons. The maximum absolute atomic E-state index is 9.00. The molecule has 0 aliphatic carbocycles. The molecule has 1 heterocycles. The van der Waals surface area contributed by atoms with Gasteiger partial charge in [-0.1, -0.05) is 15.9 Å². The van der Waals surface area contributed by atoms with E-state index in [1.807, 2.05) is 12.1 Å². The Morgan fingerprint density at radius 2 is 2.12 bits per heavy atom. The standard InChI is InChI=1S/C12H12BrNO2/c13-10-1-2-12(9(7-10)8-14)16-11-3-5-15-6-4-11/h1-2,7,11H,3-6H2. The molecular weight excluding hydrogens is 270 g/mol. The normalized spacial score (nSPS) is 16.8. The predicted octanol–water partition coefficient (Wildman–Crippen LogP) is 2.88. The van der Waals surface area contributed by atoms with Crippen LogP contribution < -0.4 is 4.74 Å². The van der Waals surface area contributed by atoms with E-state index in [0.29, 0.717) is 11.3 Å². The number of rotatable bonds is 2. The third-order valence-electron chi connectivity index (χ3n) is 2.52. The second kappa shape index (κ2) is 5.33. The summed E-state index contributed by atoms with van der Waals surface area (Å²) in [5.41, 5.74) is 0.570. The molecule has 0 atom stereocenters. The Morgan fingerprint density at radius 1 is 1.38 bits per heavy atom. The van der Waals surface area contributed by atoms with Gasteiger partial charge in [0.05, 0.1) is 18.8 Å². The summed E-state index contributed by atoms with van der Waals surface area (Å²) in [5.74, 6) is 0.664. The first-order valence-corrected chi connectivity index (χ1v) is 6.03. The SMILES string of the molecule is N#Cc1cc(Br)ccc1OC1CCOCC1. The van der Waals surface area contributed by atoms with Crippen LogP contribution in [0, 0.1) is 11.3 Å². The van der Waals surface area contributed by atoms with Crippen molar-refractivity contribution in [1.82, 2.24) is 0 Å². The topological polar surface area (TPSA) is 42.2 Å². The van der Waals surface area contributed by atoms with Gasteiger partial charge in [-0.25, -0.2) is 0 Å². The zero-order valence-corrected chi connectivity index (χ0v) is 10.4. The first-order chi connectivity index (χ1) is 7.79. The molecule has 0 saturated carbocycles. The van der Waals surface area contributed by atoms with E-state index in [-0.39, 0.29) is 6.10 Å². The van der Waals surface area contributed by atoms with Gasteiger partial charge in [-0.2, -0.15) is 5.26 Å². The van der Waals surface area contributed by atoms with Crippen LogP contribution >= 0.6 is 15.9 Å². The van der Waals surface area contributed by atoms with Crippen molar-refractivity contribution in [2.45, 2.75) is 18.9 Å². The summed E-state index contributed by atoms with van der Waals surface area (Å²) in [4.78, 5) is 0. The molecule has 0 N–H and O–H groups in total. The van der Waals surface area contributed by atoms with Crippen LogP contribution in [-0.4, -0.2) is 19.3 Å². The molecule has 0 radical (unpaired) electrons. The van der Waals surface area contributed by atoms with Crippen LogP contribution in [0.5, 0.6) is 5.75 Å². The number of hydrogen-bond donors (Lipinski definition) is 0. The van der Waals surface area contributed by atoms with E-state index in [2.05, 4.69) is 22.0 Å². The lowest BCUT2D eigenvalue weighted by molar-refractivity contribution is 0.0254. The van der Waals surface area contributed by atoms with E-state index in [4.69, 9.17) is 14.7 Å². The Bertz CT molecular complexity index is 408. The number of hydrogen-bond acceptors (Lipinski definition) is 3. The van der Waals surface area contributed by atoms with Crippen molar-refractivity contribution in [1.29, 1.82) is 5.26 Å². The lowest BCUT2D eigenvalue weighted by Crippen LogP contribution is -2.26. The minimum absolute atomic E-state index is 0.169. The van der Waals surface area contributed by atoms with Gasteiger partial charge in [0.2, 0.25) is 0 Å². The highest BCUT2D eigenvalue weighted by atomic mass is 79.9. The summed E-state index contributed by atoms with van der Waals surface area (Å²) >= 11 is 3.34. The molecule has 1 aromatic carbocycles. The molecule has 4 heteroatoms. The minimum atomic E-state index is 0.169. The van der Waals surface area contributed by atoms with Gasteiger partial charge in [0, 0.05) is 17.3 Å². The summed E-state index contributed by atoms with van der Waals surface area (Å²) < 4.78 is 12.0. The second-order valence-electron chi connectivity index (χ2n) is 3.68. The van der Waals surface area contributed by atoms with Crippen LogP contribution in [0.15, 0.2) is 22.7 Å². The van der Waals surface area contributed by atoms with Crippen molar-refractivity contribution in [3.8, 4) is 11.8 Å². The highest BCUT2D eigenvalue weighted by Crippen LogP contribution is 2.25. The van der Waals surface area contributed by atoms with E-state index in [0.717, 1.165) is 30.5 Å². The fourth-order valence-corrected chi connectivity index (χ4v) is 2.03. The van der Waals surface area contributed by atoms with Crippen LogP contribution in [0.2, 0.25) is 0 Å². The van der Waals surface area contributed by atoms with Gasteiger partial charge >= 0.3 is 0 Å². The number of ether oxygens (including phenoxy) is 2. The average Bonchev–Trinajstić information content (AvgIpc) is 2.33. The Kier molecular flexibility index (Phi) is 3.81. The number of nitriles is 1. The lowest BCUT2D eigenvalue weighted by atomic mass is 10.1. The molecule has 1 saturated heterocycles. The number of benzene rings is 1. The average molecular weight is 282 g/mol. The summed E-state index contributed by atoms with van der Waals surface area (Å²) in [7, 11) is 0. The molecule has 0 aromatic heterocycles. The summed E-state index contributed by atoms with van der Waals surface area (Å²) in [6.45, 7) is 1.48. The van der Waals surface area contributed by atoms with E-state index in [1.54, 1.807) is 6.07 Å².